The molecule has 2 rings (SSSR count). The number of pyridine rings is 1. The van der Waals surface area contributed by atoms with Crippen LogP contribution in [0.5, 0.6) is 0 Å². The molecule has 0 saturated heterocycles. The SMILES string of the molecule is C/C=C/c1nc2cccnc2n1C. The third kappa shape index (κ3) is 1.22. The maximum Gasteiger partial charge on any atom is 0.159 e. The topological polar surface area (TPSA) is 30.7 Å². The molecule has 0 aliphatic rings. The van der Waals surface area contributed by atoms with E-state index in [2.05, 4.69) is 9.97 Å². The van der Waals surface area contributed by atoms with Crippen LogP contribution in [0.15, 0.2) is 24.4 Å². The fourth-order valence-corrected chi connectivity index (χ4v) is 1.34. The summed E-state index contributed by atoms with van der Waals surface area (Å²) in [6.45, 7) is 1.98. The van der Waals surface area contributed by atoms with Gasteiger partial charge in [-0.2, -0.15) is 0 Å². The lowest BCUT2D eigenvalue weighted by molar-refractivity contribution is 0.914. The molecule has 0 radical (unpaired) electrons. The predicted molar refractivity (Wildman–Crippen MR) is 53.2 cm³/mol. The summed E-state index contributed by atoms with van der Waals surface area (Å²) in [5, 5.41) is 0. The van der Waals surface area contributed by atoms with Crippen molar-refractivity contribution in [3.8, 4) is 0 Å². The standard InChI is InChI=1S/C10H11N3/c1-3-5-9-12-8-6-4-7-11-10(8)13(9)2/h3-7H,1-2H3/b5-3+. The van der Waals surface area contributed by atoms with Gasteiger partial charge < -0.3 is 4.57 Å². The molecule has 3 heteroatoms. The molecule has 0 saturated carbocycles. The van der Waals surface area contributed by atoms with E-state index in [4.69, 9.17) is 0 Å². The van der Waals surface area contributed by atoms with Gasteiger partial charge in [0.2, 0.25) is 0 Å². The van der Waals surface area contributed by atoms with Crippen molar-refractivity contribution in [2.75, 3.05) is 0 Å². The molecule has 2 aromatic heterocycles. The molecule has 66 valence electrons. The van der Waals surface area contributed by atoms with Gasteiger partial charge in [0, 0.05) is 13.2 Å². The van der Waals surface area contributed by atoms with E-state index in [-0.39, 0.29) is 0 Å². The second-order valence-corrected chi connectivity index (χ2v) is 2.88. The van der Waals surface area contributed by atoms with E-state index in [0.29, 0.717) is 0 Å². The Morgan fingerprint density at radius 3 is 3.00 bits per heavy atom. The fourth-order valence-electron chi connectivity index (χ4n) is 1.34. The quantitative estimate of drug-likeness (QED) is 0.660. The Hall–Kier alpha value is -1.64. The first kappa shape index (κ1) is 7.98. The van der Waals surface area contributed by atoms with E-state index < -0.39 is 0 Å². The Bertz CT molecular complexity index is 454. The van der Waals surface area contributed by atoms with Crippen LogP contribution in [0.2, 0.25) is 0 Å². The number of aryl methyl sites for hydroxylation is 1. The number of fused-ring (bicyclic) bond motifs is 1. The summed E-state index contributed by atoms with van der Waals surface area (Å²) in [7, 11) is 1.97. The third-order valence-corrected chi connectivity index (χ3v) is 1.98. The number of hydrogen-bond donors (Lipinski definition) is 0. The molecule has 0 aliphatic carbocycles. The van der Waals surface area contributed by atoms with E-state index in [1.165, 1.54) is 0 Å². The Labute approximate surface area is 76.7 Å². The highest BCUT2D eigenvalue weighted by atomic mass is 15.1. The van der Waals surface area contributed by atoms with Crippen LogP contribution in [0.1, 0.15) is 12.7 Å². The first-order chi connectivity index (χ1) is 6.33. The number of nitrogens with zero attached hydrogens (tertiary/aromatic N) is 3. The highest BCUT2D eigenvalue weighted by Crippen LogP contribution is 2.12. The zero-order valence-corrected chi connectivity index (χ0v) is 7.73. The van der Waals surface area contributed by atoms with Crippen molar-refractivity contribution in [3.63, 3.8) is 0 Å². The van der Waals surface area contributed by atoms with E-state index in [0.717, 1.165) is 17.0 Å². The zero-order valence-electron chi connectivity index (χ0n) is 7.73. The molecule has 13 heavy (non-hydrogen) atoms. The van der Waals surface area contributed by atoms with Crippen molar-refractivity contribution in [2.24, 2.45) is 7.05 Å². The molecular weight excluding hydrogens is 162 g/mol. The van der Waals surface area contributed by atoms with Crippen LogP contribution in [0.3, 0.4) is 0 Å². The van der Waals surface area contributed by atoms with Gasteiger partial charge in [-0.25, -0.2) is 9.97 Å². The third-order valence-electron chi connectivity index (χ3n) is 1.98. The second-order valence-electron chi connectivity index (χ2n) is 2.88. The van der Waals surface area contributed by atoms with Crippen molar-refractivity contribution in [1.29, 1.82) is 0 Å². The molecule has 0 N–H and O–H groups in total. The normalized spacial score (nSPS) is 11.5. The van der Waals surface area contributed by atoms with Crippen LogP contribution in [-0.2, 0) is 7.05 Å². The highest BCUT2D eigenvalue weighted by molar-refractivity contribution is 5.73. The summed E-state index contributed by atoms with van der Waals surface area (Å²) < 4.78 is 1.98. The second kappa shape index (κ2) is 3.01. The molecule has 0 fully saturated rings. The van der Waals surface area contributed by atoms with Gasteiger partial charge in [-0.05, 0) is 25.1 Å². The van der Waals surface area contributed by atoms with E-state index >= 15 is 0 Å². The summed E-state index contributed by atoms with van der Waals surface area (Å²) >= 11 is 0. The van der Waals surface area contributed by atoms with Crippen molar-refractivity contribution in [1.82, 2.24) is 14.5 Å². The van der Waals surface area contributed by atoms with Crippen molar-refractivity contribution < 1.29 is 0 Å². The lowest BCUT2D eigenvalue weighted by Crippen LogP contribution is -1.91. The van der Waals surface area contributed by atoms with Crippen LogP contribution < -0.4 is 0 Å². The van der Waals surface area contributed by atoms with Crippen LogP contribution in [-0.4, -0.2) is 14.5 Å². The minimum absolute atomic E-state index is 0.926. The first-order valence-corrected chi connectivity index (χ1v) is 4.23. The number of allylic oxidation sites excluding steroid dienone is 1. The molecule has 2 aromatic rings. The highest BCUT2D eigenvalue weighted by Gasteiger charge is 2.03. The van der Waals surface area contributed by atoms with Gasteiger partial charge in [0.05, 0.1) is 0 Å². The van der Waals surface area contributed by atoms with Gasteiger partial charge in [-0.15, -0.1) is 0 Å². The number of hydrogen-bond acceptors (Lipinski definition) is 2. The summed E-state index contributed by atoms with van der Waals surface area (Å²) in [6, 6.07) is 3.87. The summed E-state index contributed by atoms with van der Waals surface area (Å²) in [6.07, 6.45) is 5.73. The smallest absolute Gasteiger partial charge is 0.159 e. The lowest BCUT2D eigenvalue weighted by atomic mass is 10.4. The van der Waals surface area contributed by atoms with Crippen molar-refractivity contribution in [2.45, 2.75) is 6.92 Å². The molecule has 0 spiro atoms. The number of aromatic nitrogens is 3. The molecule has 2 heterocycles. The van der Waals surface area contributed by atoms with E-state index in [1.807, 2.05) is 42.8 Å². The van der Waals surface area contributed by atoms with Crippen LogP contribution in [0.25, 0.3) is 17.2 Å². The lowest BCUT2D eigenvalue weighted by Gasteiger charge is -1.94. The molecular formula is C10H11N3. The van der Waals surface area contributed by atoms with Crippen LogP contribution >= 0.6 is 0 Å². The van der Waals surface area contributed by atoms with Crippen LogP contribution in [0, 0.1) is 0 Å². The van der Waals surface area contributed by atoms with E-state index in [1.54, 1.807) is 6.20 Å². The monoisotopic (exact) mass is 173 g/mol. The predicted octanol–water partition coefficient (Wildman–Crippen LogP) is 2.00. The molecule has 0 aromatic carbocycles. The minimum atomic E-state index is 0.926. The van der Waals surface area contributed by atoms with E-state index in [9.17, 15) is 0 Å². The Balaban J connectivity index is 2.73. The molecule has 0 aliphatic heterocycles. The van der Waals surface area contributed by atoms with Gasteiger partial charge in [0.1, 0.15) is 11.3 Å². The summed E-state index contributed by atoms with van der Waals surface area (Å²) in [5.41, 5.74) is 1.87. The summed E-state index contributed by atoms with van der Waals surface area (Å²) in [5.74, 6) is 0.941. The van der Waals surface area contributed by atoms with Gasteiger partial charge >= 0.3 is 0 Å². The van der Waals surface area contributed by atoms with Gasteiger partial charge in [0.15, 0.2) is 5.65 Å². The zero-order chi connectivity index (χ0) is 9.26. The largest absolute Gasteiger partial charge is 0.312 e. The van der Waals surface area contributed by atoms with Crippen molar-refractivity contribution >= 4 is 17.2 Å². The number of imidazole rings is 1. The molecule has 0 amide bonds. The maximum atomic E-state index is 4.42. The number of rotatable bonds is 1. The Morgan fingerprint density at radius 1 is 1.46 bits per heavy atom. The average molecular weight is 173 g/mol. The molecule has 0 bridgehead atoms. The molecule has 0 atom stereocenters. The molecule has 3 nitrogen and oxygen atoms in total. The Morgan fingerprint density at radius 2 is 2.31 bits per heavy atom. The minimum Gasteiger partial charge on any atom is -0.312 e. The van der Waals surface area contributed by atoms with Gasteiger partial charge in [0.25, 0.3) is 0 Å². The van der Waals surface area contributed by atoms with Crippen molar-refractivity contribution in [3.05, 3.63) is 30.2 Å². The van der Waals surface area contributed by atoms with Gasteiger partial charge in [-0.3, -0.25) is 0 Å². The molecule has 0 unspecified atom stereocenters. The fraction of sp³-hybridized carbons (Fsp3) is 0.200. The van der Waals surface area contributed by atoms with Gasteiger partial charge in [-0.1, -0.05) is 6.08 Å². The average Bonchev–Trinajstić information content (AvgIpc) is 2.46. The first-order valence-electron chi connectivity index (χ1n) is 4.23. The summed E-state index contributed by atoms with van der Waals surface area (Å²) in [4.78, 5) is 8.67. The Kier molecular flexibility index (Phi) is 1.85. The maximum absolute atomic E-state index is 4.42. The van der Waals surface area contributed by atoms with Crippen LogP contribution in [0.4, 0.5) is 0 Å².